The van der Waals surface area contributed by atoms with Crippen molar-refractivity contribution in [1.82, 2.24) is 20.3 Å². The fourth-order valence-electron chi connectivity index (χ4n) is 5.79. The second-order valence-electron chi connectivity index (χ2n) is 10.8. The van der Waals surface area contributed by atoms with Gasteiger partial charge in [0.05, 0.1) is 20.3 Å². The molecule has 2 aliphatic rings. The summed E-state index contributed by atoms with van der Waals surface area (Å²) in [7, 11) is 2.83. The highest BCUT2D eigenvalue weighted by molar-refractivity contribution is 5.72. The van der Waals surface area contributed by atoms with Gasteiger partial charge in [-0.25, -0.2) is 0 Å². The SMILES string of the molecule is COC(=O)CCc1c2[nH]c(c1C)/C=C1\NC(C=C1C)Cc1[nH]c(cc1C)/C=c1\[nH]/c(c(CCC(=O)OC)c1C)=C\2. The van der Waals surface area contributed by atoms with Crippen molar-refractivity contribution in [3.63, 3.8) is 0 Å². The molecular formula is C32H38N4O4. The van der Waals surface area contributed by atoms with Crippen LogP contribution in [0.1, 0.15) is 70.4 Å². The number of allylic oxidation sites excluding steroid dienone is 1. The molecular weight excluding hydrogens is 504 g/mol. The lowest BCUT2D eigenvalue weighted by Crippen LogP contribution is -2.24. The van der Waals surface area contributed by atoms with E-state index < -0.39 is 0 Å². The van der Waals surface area contributed by atoms with Crippen molar-refractivity contribution >= 4 is 30.2 Å². The summed E-state index contributed by atoms with van der Waals surface area (Å²) in [5.41, 5.74) is 12.0. The lowest BCUT2D eigenvalue weighted by atomic mass is 10.0. The first-order valence-corrected chi connectivity index (χ1v) is 13.8. The number of nitrogens with one attached hydrogen (secondary N) is 4. The van der Waals surface area contributed by atoms with Gasteiger partial charge in [0.25, 0.3) is 0 Å². The molecule has 0 amide bonds. The van der Waals surface area contributed by atoms with Crippen molar-refractivity contribution in [2.45, 2.75) is 65.8 Å². The molecule has 0 spiro atoms. The fraction of sp³-hybridized carbons (Fsp3) is 0.375. The summed E-state index contributed by atoms with van der Waals surface area (Å²) in [6.45, 7) is 8.45. The molecule has 0 radical (unpaired) electrons. The number of carbonyl (C=O) groups is 2. The summed E-state index contributed by atoms with van der Waals surface area (Å²) >= 11 is 0. The number of methoxy groups -OCH3 is 2. The quantitative estimate of drug-likeness (QED) is 0.357. The highest BCUT2D eigenvalue weighted by atomic mass is 16.5. The van der Waals surface area contributed by atoms with Crippen molar-refractivity contribution < 1.29 is 19.1 Å². The average molecular weight is 543 g/mol. The summed E-state index contributed by atoms with van der Waals surface area (Å²) < 4.78 is 9.86. The van der Waals surface area contributed by atoms with Crippen LogP contribution in [0, 0.1) is 20.8 Å². The zero-order chi connectivity index (χ0) is 28.6. The van der Waals surface area contributed by atoms with Crippen molar-refractivity contribution in [2.24, 2.45) is 0 Å². The standard InChI is InChI=1S/C32H38N4O4/c1-17-11-22-14-27-19(3)23(7-9-31(37)39-5)29(35-27)16-30-24(8-10-32(38)40-6)20(4)28(36-30)15-26-18(2)12-21(34-26)13-25(17)33-22/h11-12,14-16,21,33-36H,7-10,13H2,1-6H3/b26-15-,27-14-,29-16-. The number of fused-ring (bicyclic) bond motifs is 8. The van der Waals surface area contributed by atoms with Crippen LogP contribution in [0.25, 0.3) is 18.2 Å². The molecule has 5 heterocycles. The molecule has 210 valence electrons. The van der Waals surface area contributed by atoms with Gasteiger partial charge in [-0.3, -0.25) is 9.59 Å². The molecule has 40 heavy (non-hydrogen) atoms. The maximum Gasteiger partial charge on any atom is 0.305 e. The van der Waals surface area contributed by atoms with Crippen LogP contribution in [0.15, 0.2) is 23.4 Å². The van der Waals surface area contributed by atoms with E-state index in [1.54, 1.807) is 0 Å². The minimum absolute atomic E-state index is 0.188. The van der Waals surface area contributed by atoms with Gasteiger partial charge in [0.2, 0.25) is 0 Å². The molecule has 5 rings (SSSR count). The summed E-state index contributed by atoms with van der Waals surface area (Å²) in [6.07, 6.45) is 11.2. The number of H-pyrrole nitrogens is 3. The zero-order valence-electron chi connectivity index (χ0n) is 24.1. The molecule has 0 saturated carbocycles. The highest BCUT2D eigenvalue weighted by Crippen LogP contribution is 2.27. The maximum absolute atomic E-state index is 12.1. The minimum Gasteiger partial charge on any atom is -0.469 e. The van der Waals surface area contributed by atoms with E-state index in [9.17, 15) is 9.59 Å². The summed E-state index contributed by atoms with van der Waals surface area (Å²) in [4.78, 5) is 35.0. The molecule has 8 bridgehead atoms. The molecule has 4 N–H and O–H groups in total. The first-order valence-electron chi connectivity index (χ1n) is 13.8. The van der Waals surface area contributed by atoms with Gasteiger partial charge in [0.1, 0.15) is 0 Å². The van der Waals surface area contributed by atoms with Gasteiger partial charge in [-0.15, -0.1) is 0 Å². The maximum atomic E-state index is 12.1. The smallest absolute Gasteiger partial charge is 0.305 e. The normalized spacial score (nSPS) is 18.9. The van der Waals surface area contributed by atoms with E-state index in [1.165, 1.54) is 31.1 Å². The number of aromatic amines is 3. The van der Waals surface area contributed by atoms with Gasteiger partial charge in [0, 0.05) is 58.4 Å². The molecule has 0 saturated heterocycles. The van der Waals surface area contributed by atoms with E-state index in [-0.39, 0.29) is 30.8 Å². The molecule has 1 atom stereocenters. The number of esters is 2. The van der Waals surface area contributed by atoms with Crippen LogP contribution in [0.4, 0.5) is 0 Å². The third kappa shape index (κ3) is 5.43. The van der Waals surface area contributed by atoms with Gasteiger partial charge in [0.15, 0.2) is 0 Å². The number of aryl methyl sites for hydroxylation is 1. The summed E-state index contributed by atoms with van der Waals surface area (Å²) in [5.74, 6) is -0.481. The number of hydrogen-bond donors (Lipinski definition) is 4. The van der Waals surface area contributed by atoms with Crippen molar-refractivity contribution in [3.05, 3.63) is 84.7 Å². The molecule has 3 aromatic heterocycles. The average Bonchev–Trinajstić information content (AvgIpc) is 3.62. The van der Waals surface area contributed by atoms with Crippen molar-refractivity contribution in [3.8, 4) is 0 Å². The van der Waals surface area contributed by atoms with E-state index in [2.05, 4.69) is 78.3 Å². The number of hydrogen-bond acceptors (Lipinski definition) is 5. The Morgan fingerprint density at radius 3 is 2.23 bits per heavy atom. The van der Waals surface area contributed by atoms with E-state index in [0.29, 0.717) is 12.8 Å². The van der Waals surface area contributed by atoms with E-state index in [4.69, 9.17) is 9.47 Å². The molecule has 3 aromatic rings. The predicted molar refractivity (Wildman–Crippen MR) is 156 cm³/mol. The molecule has 2 aliphatic heterocycles. The Morgan fingerprint density at radius 1 is 0.825 bits per heavy atom. The van der Waals surface area contributed by atoms with Crippen molar-refractivity contribution in [2.75, 3.05) is 14.2 Å². The zero-order valence-corrected chi connectivity index (χ0v) is 24.1. The molecule has 8 heteroatoms. The molecule has 0 aliphatic carbocycles. The van der Waals surface area contributed by atoms with Gasteiger partial charge in [-0.05, 0) is 98.2 Å². The fourth-order valence-corrected chi connectivity index (χ4v) is 5.79. The third-order valence-corrected chi connectivity index (χ3v) is 8.18. The van der Waals surface area contributed by atoms with Crippen LogP contribution in [-0.2, 0) is 38.3 Å². The Hall–Kier alpha value is -4.20. The lowest BCUT2D eigenvalue weighted by molar-refractivity contribution is -0.141. The largest absolute Gasteiger partial charge is 0.469 e. The second kappa shape index (κ2) is 11.1. The Balaban J connectivity index is 1.74. The number of aromatic nitrogens is 3. The van der Waals surface area contributed by atoms with Crippen LogP contribution in [-0.4, -0.2) is 47.2 Å². The number of rotatable bonds is 6. The van der Waals surface area contributed by atoms with Crippen LogP contribution in [0.3, 0.4) is 0 Å². The third-order valence-electron chi connectivity index (χ3n) is 8.18. The second-order valence-corrected chi connectivity index (χ2v) is 10.8. The Labute approximate surface area is 234 Å². The Kier molecular flexibility index (Phi) is 7.61. The number of ether oxygens (including phenoxy) is 2. The Bertz CT molecular complexity index is 1660. The van der Waals surface area contributed by atoms with Crippen LogP contribution < -0.4 is 16.0 Å². The van der Waals surface area contributed by atoms with Gasteiger partial charge in [-0.2, -0.15) is 0 Å². The summed E-state index contributed by atoms with van der Waals surface area (Å²) in [6, 6.07) is 2.37. The van der Waals surface area contributed by atoms with Crippen LogP contribution in [0.2, 0.25) is 0 Å². The first-order chi connectivity index (χ1) is 19.2. The van der Waals surface area contributed by atoms with E-state index in [1.807, 2.05) is 0 Å². The monoisotopic (exact) mass is 542 g/mol. The summed E-state index contributed by atoms with van der Waals surface area (Å²) in [5, 5.41) is 5.61. The first kappa shape index (κ1) is 27.4. The number of carbonyl (C=O) groups excluding carboxylic acids is 2. The highest BCUT2D eigenvalue weighted by Gasteiger charge is 2.21. The predicted octanol–water partition coefficient (Wildman–Crippen LogP) is 3.28. The topological polar surface area (TPSA) is 112 Å². The molecule has 1 unspecified atom stereocenters. The van der Waals surface area contributed by atoms with E-state index >= 15 is 0 Å². The van der Waals surface area contributed by atoms with Gasteiger partial charge in [-0.1, -0.05) is 6.08 Å². The minimum atomic E-state index is -0.241. The lowest BCUT2D eigenvalue weighted by Gasteiger charge is -2.11. The molecule has 8 nitrogen and oxygen atoms in total. The van der Waals surface area contributed by atoms with Crippen molar-refractivity contribution in [1.29, 1.82) is 0 Å². The van der Waals surface area contributed by atoms with E-state index in [0.717, 1.165) is 62.2 Å². The molecule has 0 fully saturated rings. The van der Waals surface area contributed by atoms with Crippen LogP contribution >= 0.6 is 0 Å². The van der Waals surface area contributed by atoms with Gasteiger partial charge < -0.3 is 29.7 Å². The molecule has 0 aromatic carbocycles. The Morgan fingerprint density at radius 2 is 1.52 bits per heavy atom. The van der Waals surface area contributed by atoms with Crippen LogP contribution in [0.5, 0.6) is 0 Å². The van der Waals surface area contributed by atoms with Gasteiger partial charge >= 0.3 is 11.9 Å².